The molecule has 0 bridgehead atoms. The Morgan fingerprint density at radius 3 is 2.41 bits per heavy atom. The van der Waals surface area contributed by atoms with E-state index in [1.807, 2.05) is 36.4 Å². The number of hydrogen-bond acceptors (Lipinski definition) is 3. The second-order valence-electron chi connectivity index (χ2n) is 7.43. The molecule has 1 fully saturated rings. The van der Waals surface area contributed by atoms with Gasteiger partial charge in [-0.15, -0.1) is 0 Å². The van der Waals surface area contributed by atoms with Gasteiger partial charge in [-0.05, 0) is 53.8 Å². The predicted octanol–water partition coefficient (Wildman–Crippen LogP) is 4.34. The van der Waals surface area contributed by atoms with Gasteiger partial charge < -0.3 is 14.7 Å². The monoisotopic (exact) mass is 367 g/mol. The van der Waals surface area contributed by atoms with Crippen LogP contribution in [0.1, 0.15) is 42.9 Å². The van der Waals surface area contributed by atoms with Crippen molar-refractivity contribution < 1.29 is 19.4 Å². The number of aliphatic carboxylic acids is 1. The molecular weight excluding hydrogens is 342 g/mol. The number of ether oxygens (including phenoxy) is 1. The van der Waals surface area contributed by atoms with Crippen LogP contribution in [-0.4, -0.2) is 28.4 Å². The fraction of sp³-hybridized carbons (Fsp3) is 0.364. The van der Waals surface area contributed by atoms with Crippen molar-refractivity contribution in [3.8, 4) is 11.5 Å². The molecule has 0 aromatic heterocycles. The average molecular weight is 367 g/mol. The number of amides is 1. The molecule has 5 nitrogen and oxygen atoms in total. The highest BCUT2D eigenvalue weighted by atomic mass is 16.5. The van der Waals surface area contributed by atoms with E-state index in [4.69, 9.17) is 9.84 Å². The van der Waals surface area contributed by atoms with Gasteiger partial charge in [-0.25, -0.2) is 0 Å². The summed E-state index contributed by atoms with van der Waals surface area (Å²) in [6.45, 7) is 7.12. The lowest BCUT2D eigenvalue weighted by atomic mass is 9.98. The summed E-state index contributed by atoms with van der Waals surface area (Å²) < 4.78 is 5.93. The number of aryl methyl sites for hydroxylation is 1. The van der Waals surface area contributed by atoms with Crippen molar-refractivity contribution in [3.63, 3.8) is 0 Å². The van der Waals surface area contributed by atoms with E-state index in [0.717, 1.165) is 17.1 Å². The van der Waals surface area contributed by atoms with Crippen LogP contribution in [0, 0.1) is 12.8 Å². The number of benzene rings is 2. The molecule has 3 rings (SSSR count). The topological polar surface area (TPSA) is 66.8 Å². The SMILES string of the molecule is Cc1cc(Oc2ccc(CN3CC(C(=O)O)CC3=O)cc2)ccc1C(C)C. The number of carboxylic acids is 1. The Bertz CT molecular complexity index is 842. The van der Waals surface area contributed by atoms with Crippen LogP contribution < -0.4 is 4.74 Å². The Kier molecular flexibility index (Phi) is 5.49. The van der Waals surface area contributed by atoms with Crippen LogP contribution in [0.15, 0.2) is 42.5 Å². The van der Waals surface area contributed by atoms with Crippen LogP contribution in [0.5, 0.6) is 11.5 Å². The zero-order valence-electron chi connectivity index (χ0n) is 15.9. The van der Waals surface area contributed by atoms with E-state index in [2.05, 4.69) is 26.8 Å². The maximum Gasteiger partial charge on any atom is 0.308 e. The standard InChI is InChI=1S/C22H25NO4/c1-14(2)20-9-8-19(10-15(20)3)27-18-6-4-16(5-7-18)12-23-13-17(22(25)26)11-21(23)24/h4-10,14,17H,11-13H2,1-3H3,(H,25,26). The molecule has 2 aromatic rings. The second-order valence-corrected chi connectivity index (χ2v) is 7.43. The van der Waals surface area contributed by atoms with Gasteiger partial charge >= 0.3 is 5.97 Å². The first-order chi connectivity index (χ1) is 12.8. The molecule has 1 N–H and O–H groups in total. The van der Waals surface area contributed by atoms with Gasteiger partial charge in [-0.1, -0.05) is 32.0 Å². The zero-order chi connectivity index (χ0) is 19.6. The largest absolute Gasteiger partial charge is 0.481 e. The first-order valence-corrected chi connectivity index (χ1v) is 9.21. The van der Waals surface area contributed by atoms with Gasteiger partial charge in [0.1, 0.15) is 11.5 Å². The van der Waals surface area contributed by atoms with E-state index in [-0.39, 0.29) is 18.9 Å². The van der Waals surface area contributed by atoms with Crippen molar-refractivity contribution >= 4 is 11.9 Å². The van der Waals surface area contributed by atoms with E-state index < -0.39 is 11.9 Å². The zero-order valence-corrected chi connectivity index (χ0v) is 15.9. The lowest BCUT2D eigenvalue weighted by Gasteiger charge is -2.16. The minimum Gasteiger partial charge on any atom is -0.481 e. The number of carbonyl (C=O) groups is 2. The number of nitrogens with zero attached hydrogens (tertiary/aromatic N) is 1. The van der Waals surface area contributed by atoms with E-state index in [1.54, 1.807) is 4.90 Å². The van der Waals surface area contributed by atoms with Crippen LogP contribution in [-0.2, 0) is 16.1 Å². The molecule has 1 aliphatic heterocycles. The highest BCUT2D eigenvalue weighted by Gasteiger charge is 2.33. The summed E-state index contributed by atoms with van der Waals surface area (Å²) in [6, 6.07) is 13.7. The highest BCUT2D eigenvalue weighted by Crippen LogP contribution is 2.28. The fourth-order valence-corrected chi connectivity index (χ4v) is 3.47. The molecule has 1 aliphatic rings. The minimum absolute atomic E-state index is 0.0856. The normalized spacial score (nSPS) is 16.8. The first-order valence-electron chi connectivity index (χ1n) is 9.21. The molecule has 1 atom stereocenters. The van der Waals surface area contributed by atoms with Gasteiger partial charge in [0.15, 0.2) is 0 Å². The predicted molar refractivity (Wildman–Crippen MR) is 103 cm³/mol. The van der Waals surface area contributed by atoms with Gasteiger partial charge in [0.05, 0.1) is 5.92 Å². The average Bonchev–Trinajstić information content (AvgIpc) is 2.97. The van der Waals surface area contributed by atoms with Gasteiger partial charge in [0, 0.05) is 19.5 Å². The number of carbonyl (C=O) groups excluding carboxylic acids is 1. The lowest BCUT2D eigenvalue weighted by Crippen LogP contribution is -2.25. The van der Waals surface area contributed by atoms with E-state index in [0.29, 0.717) is 12.5 Å². The smallest absolute Gasteiger partial charge is 0.308 e. The van der Waals surface area contributed by atoms with Crippen LogP contribution in [0.4, 0.5) is 0 Å². The van der Waals surface area contributed by atoms with Crippen molar-refractivity contribution in [2.75, 3.05) is 6.54 Å². The maximum absolute atomic E-state index is 11.9. The number of rotatable bonds is 6. The maximum atomic E-state index is 11.9. The van der Waals surface area contributed by atoms with E-state index in [1.165, 1.54) is 11.1 Å². The molecule has 0 spiro atoms. The van der Waals surface area contributed by atoms with Crippen LogP contribution in [0.2, 0.25) is 0 Å². The fourth-order valence-electron chi connectivity index (χ4n) is 3.47. The van der Waals surface area contributed by atoms with E-state index >= 15 is 0 Å². The second kappa shape index (κ2) is 7.82. The first kappa shape index (κ1) is 19.0. The van der Waals surface area contributed by atoms with Crippen molar-refractivity contribution in [1.82, 2.24) is 4.90 Å². The Morgan fingerprint density at radius 1 is 1.19 bits per heavy atom. The third kappa shape index (κ3) is 4.48. The minimum atomic E-state index is -0.909. The quantitative estimate of drug-likeness (QED) is 0.824. The molecule has 1 heterocycles. The van der Waals surface area contributed by atoms with Gasteiger partial charge in [0.25, 0.3) is 0 Å². The summed E-state index contributed by atoms with van der Waals surface area (Å²) in [5.41, 5.74) is 3.47. The molecule has 1 amide bonds. The summed E-state index contributed by atoms with van der Waals surface area (Å²) in [6.07, 6.45) is 0.0856. The Labute approximate surface area is 159 Å². The number of likely N-dealkylation sites (tertiary alicyclic amines) is 1. The van der Waals surface area contributed by atoms with Gasteiger partial charge in [-0.2, -0.15) is 0 Å². The van der Waals surface area contributed by atoms with Crippen molar-refractivity contribution in [2.24, 2.45) is 5.92 Å². The summed E-state index contributed by atoms with van der Waals surface area (Å²) in [7, 11) is 0. The van der Waals surface area contributed by atoms with Crippen molar-refractivity contribution in [3.05, 3.63) is 59.2 Å². The molecule has 1 unspecified atom stereocenters. The molecular formula is C22H25NO4. The summed E-state index contributed by atoms with van der Waals surface area (Å²) in [4.78, 5) is 24.6. The third-order valence-electron chi connectivity index (χ3n) is 4.96. The molecule has 0 radical (unpaired) electrons. The molecule has 27 heavy (non-hydrogen) atoms. The molecule has 0 saturated carbocycles. The van der Waals surface area contributed by atoms with Crippen LogP contribution >= 0.6 is 0 Å². The van der Waals surface area contributed by atoms with Gasteiger partial charge in [-0.3, -0.25) is 9.59 Å². The Morgan fingerprint density at radius 2 is 1.85 bits per heavy atom. The molecule has 0 aliphatic carbocycles. The summed E-state index contributed by atoms with van der Waals surface area (Å²) in [5.74, 6) is 0.386. The van der Waals surface area contributed by atoms with Crippen molar-refractivity contribution in [2.45, 2.75) is 39.7 Å². The molecule has 1 saturated heterocycles. The molecule has 142 valence electrons. The van der Waals surface area contributed by atoms with Gasteiger partial charge in [0.2, 0.25) is 5.91 Å². The Hall–Kier alpha value is -2.82. The van der Waals surface area contributed by atoms with Crippen LogP contribution in [0.3, 0.4) is 0 Å². The molecule has 5 heteroatoms. The number of carboxylic acid groups (broad SMARTS) is 1. The molecule has 2 aromatic carbocycles. The highest BCUT2D eigenvalue weighted by molar-refractivity contribution is 5.86. The Balaban J connectivity index is 1.63. The summed E-state index contributed by atoms with van der Waals surface area (Å²) >= 11 is 0. The van der Waals surface area contributed by atoms with E-state index in [9.17, 15) is 9.59 Å². The number of hydrogen-bond donors (Lipinski definition) is 1. The van der Waals surface area contributed by atoms with Crippen molar-refractivity contribution in [1.29, 1.82) is 0 Å². The summed E-state index contributed by atoms with van der Waals surface area (Å²) in [5, 5.41) is 9.06. The lowest BCUT2D eigenvalue weighted by molar-refractivity contribution is -0.141. The third-order valence-corrected chi connectivity index (χ3v) is 4.96. The van der Waals surface area contributed by atoms with Crippen LogP contribution in [0.25, 0.3) is 0 Å².